The Labute approximate surface area is 124 Å². The Kier molecular flexibility index (Phi) is 3.99. The van der Waals surface area contributed by atoms with Crippen LogP contribution in [0.4, 0.5) is 5.82 Å². The van der Waals surface area contributed by atoms with Crippen LogP contribution in [0.25, 0.3) is 0 Å². The maximum Gasteiger partial charge on any atom is 0.225 e. The van der Waals surface area contributed by atoms with Crippen molar-refractivity contribution in [1.82, 2.24) is 14.8 Å². The van der Waals surface area contributed by atoms with Crippen molar-refractivity contribution < 1.29 is 4.79 Å². The van der Waals surface area contributed by atoms with Gasteiger partial charge in [-0.1, -0.05) is 0 Å². The van der Waals surface area contributed by atoms with Crippen molar-refractivity contribution in [1.29, 1.82) is 0 Å². The first-order valence-electron chi connectivity index (χ1n) is 7.46. The lowest BCUT2D eigenvalue weighted by molar-refractivity contribution is -0.116. The lowest BCUT2D eigenvalue weighted by Crippen LogP contribution is -2.18. The highest BCUT2D eigenvalue weighted by Gasteiger charge is 2.30. The van der Waals surface area contributed by atoms with Gasteiger partial charge in [-0.15, -0.1) is 0 Å². The minimum absolute atomic E-state index is 0.0246. The summed E-state index contributed by atoms with van der Waals surface area (Å²) in [5, 5.41) is 7.31. The van der Waals surface area contributed by atoms with E-state index < -0.39 is 0 Å². The fourth-order valence-electron chi connectivity index (χ4n) is 2.53. The van der Waals surface area contributed by atoms with E-state index in [0.717, 1.165) is 17.8 Å². The average Bonchev–Trinajstić information content (AvgIpc) is 3.26. The van der Waals surface area contributed by atoms with Crippen LogP contribution < -0.4 is 5.32 Å². The summed E-state index contributed by atoms with van der Waals surface area (Å²) >= 11 is 0. The molecule has 1 aliphatic rings. The quantitative estimate of drug-likeness (QED) is 0.887. The number of rotatable bonds is 6. The van der Waals surface area contributed by atoms with Gasteiger partial charge in [0.25, 0.3) is 0 Å². The van der Waals surface area contributed by atoms with Crippen molar-refractivity contribution in [3.63, 3.8) is 0 Å². The van der Waals surface area contributed by atoms with Crippen LogP contribution in [0.15, 0.2) is 36.8 Å². The van der Waals surface area contributed by atoms with Gasteiger partial charge < -0.3 is 5.32 Å². The molecule has 0 saturated heterocycles. The molecule has 0 radical (unpaired) electrons. The van der Waals surface area contributed by atoms with E-state index in [9.17, 15) is 4.79 Å². The molecule has 5 nitrogen and oxygen atoms in total. The molecule has 0 aliphatic heterocycles. The van der Waals surface area contributed by atoms with Crippen molar-refractivity contribution in [3.8, 4) is 0 Å². The number of aryl methyl sites for hydroxylation is 1. The van der Waals surface area contributed by atoms with Crippen LogP contribution in [0, 0.1) is 5.92 Å². The predicted octanol–water partition coefficient (Wildman–Crippen LogP) is 2.82. The third kappa shape index (κ3) is 3.48. The molecular formula is C16H20N4O. The SMILES string of the molecule is C[C@H](C1CC1)n1nccc1NC(=O)CCc1ccncc1. The number of hydrogen-bond acceptors (Lipinski definition) is 3. The first kappa shape index (κ1) is 13.8. The molecule has 2 aromatic heterocycles. The molecule has 0 bridgehead atoms. The molecule has 0 spiro atoms. The molecule has 2 heterocycles. The minimum atomic E-state index is 0.0246. The van der Waals surface area contributed by atoms with Gasteiger partial charge in [0.1, 0.15) is 5.82 Å². The first-order valence-corrected chi connectivity index (χ1v) is 7.46. The summed E-state index contributed by atoms with van der Waals surface area (Å²) < 4.78 is 1.93. The molecule has 3 rings (SSSR count). The highest BCUT2D eigenvalue weighted by Crippen LogP contribution is 2.40. The first-order chi connectivity index (χ1) is 10.2. The maximum absolute atomic E-state index is 12.1. The van der Waals surface area contributed by atoms with Crippen LogP contribution in [0.5, 0.6) is 0 Å². The van der Waals surface area contributed by atoms with Crippen LogP contribution in [0.1, 0.15) is 37.8 Å². The Hall–Kier alpha value is -2.17. The van der Waals surface area contributed by atoms with Gasteiger partial charge in [0.15, 0.2) is 0 Å². The topological polar surface area (TPSA) is 59.8 Å². The van der Waals surface area contributed by atoms with Crippen LogP contribution in [-0.2, 0) is 11.2 Å². The number of nitrogens with zero attached hydrogens (tertiary/aromatic N) is 3. The molecule has 2 aromatic rings. The number of aromatic nitrogens is 3. The van der Waals surface area contributed by atoms with Gasteiger partial charge in [-0.05, 0) is 49.8 Å². The Morgan fingerprint density at radius 3 is 2.81 bits per heavy atom. The van der Waals surface area contributed by atoms with E-state index in [1.807, 2.05) is 22.9 Å². The Morgan fingerprint density at radius 1 is 1.33 bits per heavy atom. The fraction of sp³-hybridized carbons (Fsp3) is 0.438. The summed E-state index contributed by atoms with van der Waals surface area (Å²) in [6.45, 7) is 2.16. The van der Waals surface area contributed by atoms with Crippen molar-refractivity contribution in [2.45, 2.75) is 38.6 Å². The Balaban J connectivity index is 1.56. The number of anilines is 1. The van der Waals surface area contributed by atoms with E-state index in [0.29, 0.717) is 18.4 Å². The summed E-state index contributed by atoms with van der Waals surface area (Å²) in [6, 6.07) is 6.10. The molecule has 21 heavy (non-hydrogen) atoms. The normalized spacial score (nSPS) is 15.7. The van der Waals surface area contributed by atoms with Crippen LogP contribution in [0.3, 0.4) is 0 Å². The van der Waals surface area contributed by atoms with Crippen LogP contribution in [0.2, 0.25) is 0 Å². The fourth-order valence-corrected chi connectivity index (χ4v) is 2.53. The molecular weight excluding hydrogens is 264 g/mol. The third-order valence-electron chi connectivity index (χ3n) is 4.02. The molecule has 1 saturated carbocycles. The molecule has 1 atom stereocenters. The number of carbonyl (C=O) groups excluding carboxylic acids is 1. The molecule has 110 valence electrons. The standard InChI is InChI=1S/C16H20N4O/c1-12(14-3-4-14)20-15(8-11-18-20)19-16(21)5-2-13-6-9-17-10-7-13/h6-12,14H,2-5H2,1H3,(H,19,21)/t12-/m1/s1. The highest BCUT2D eigenvalue weighted by atomic mass is 16.1. The molecule has 1 amide bonds. The number of pyridine rings is 1. The smallest absolute Gasteiger partial charge is 0.225 e. The van der Waals surface area contributed by atoms with Gasteiger partial charge in [-0.2, -0.15) is 5.10 Å². The van der Waals surface area contributed by atoms with Gasteiger partial charge in [-0.25, -0.2) is 4.68 Å². The molecule has 0 unspecified atom stereocenters. The number of carbonyl (C=O) groups is 1. The number of amides is 1. The van der Waals surface area contributed by atoms with Gasteiger partial charge >= 0.3 is 0 Å². The zero-order chi connectivity index (χ0) is 14.7. The average molecular weight is 284 g/mol. The minimum Gasteiger partial charge on any atom is -0.311 e. The summed E-state index contributed by atoms with van der Waals surface area (Å²) in [4.78, 5) is 16.1. The monoisotopic (exact) mass is 284 g/mol. The summed E-state index contributed by atoms with van der Waals surface area (Å²) in [5.41, 5.74) is 1.13. The van der Waals surface area contributed by atoms with Gasteiger partial charge in [0.05, 0.1) is 12.2 Å². The van der Waals surface area contributed by atoms with Crippen LogP contribution in [-0.4, -0.2) is 20.7 Å². The van der Waals surface area contributed by atoms with Gasteiger partial charge in [0, 0.05) is 24.9 Å². The second kappa shape index (κ2) is 6.08. The van der Waals surface area contributed by atoms with E-state index in [4.69, 9.17) is 0 Å². The molecule has 1 aliphatic carbocycles. The largest absolute Gasteiger partial charge is 0.311 e. The van der Waals surface area contributed by atoms with Gasteiger partial charge in [-0.3, -0.25) is 9.78 Å². The van der Waals surface area contributed by atoms with Crippen molar-refractivity contribution in [2.75, 3.05) is 5.32 Å². The van der Waals surface area contributed by atoms with Gasteiger partial charge in [0.2, 0.25) is 5.91 Å². The molecule has 1 fully saturated rings. The van der Waals surface area contributed by atoms with Crippen molar-refractivity contribution in [2.24, 2.45) is 5.92 Å². The number of hydrogen-bond donors (Lipinski definition) is 1. The highest BCUT2D eigenvalue weighted by molar-refractivity contribution is 5.89. The Morgan fingerprint density at radius 2 is 2.10 bits per heavy atom. The number of nitrogens with one attached hydrogen (secondary N) is 1. The van der Waals surface area contributed by atoms with Crippen molar-refractivity contribution in [3.05, 3.63) is 42.4 Å². The summed E-state index contributed by atoms with van der Waals surface area (Å²) in [5.74, 6) is 1.53. The molecule has 0 aromatic carbocycles. The van der Waals surface area contributed by atoms with E-state index in [1.165, 1.54) is 12.8 Å². The Bertz CT molecular complexity index is 604. The molecule has 1 N–H and O–H groups in total. The van der Waals surface area contributed by atoms with E-state index in [2.05, 4.69) is 22.3 Å². The summed E-state index contributed by atoms with van der Waals surface area (Å²) in [6.07, 6.45) is 8.96. The lowest BCUT2D eigenvalue weighted by Gasteiger charge is -2.15. The molecule has 5 heteroatoms. The maximum atomic E-state index is 12.1. The van der Waals surface area contributed by atoms with Crippen LogP contribution >= 0.6 is 0 Å². The van der Waals surface area contributed by atoms with Crippen molar-refractivity contribution >= 4 is 11.7 Å². The predicted molar refractivity (Wildman–Crippen MR) is 80.8 cm³/mol. The third-order valence-corrected chi connectivity index (χ3v) is 4.02. The van der Waals surface area contributed by atoms with E-state index in [1.54, 1.807) is 18.6 Å². The van der Waals surface area contributed by atoms with E-state index in [-0.39, 0.29) is 5.91 Å². The second-order valence-corrected chi connectivity index (χ2v) is 5.64. The van der Waals surface area contributed by atoms with E-state index >= 15 is 0 Å². The zero-order valence-corrected chi connectivity index (χ0v) is 12.2. The summed E-state index contributed by atoms with van der Waals surface area (Å²) in [7, 11) is 0. The lowest BCUT2D eigenvalue weighted by atomic mass is 10.1. The second-order valence-electron chi connectivity index (χ2n) is 5.64. The zero-order valence-electron chi connectivity index (χ0n) is 12.2.